The van der Waals surface area contributed by atoms with Crippen LogP contribution in [-0.2, 0) is 10.0 Å². The van der Waals surface area contributed by atoms with E-state index in [9.17, 15) is 13.2 Å². The summed E-state index contributed by atoms with van der Waals surface area (Å²) in [4.78, 5) is 15.2. The van der Waals surface area contributed by atoms with Crippen molar-refractivity contribution in [2.45, 2.75) is 11.8 Å². The van der Waals surface area contributed by atoms with E-state index in [1.165, 1.54) is 12.1 Å². The Labute approximate surface area is 179 Å². The molecule has 4 rings (SSSR count). The number of aryl methyl sites for hydroxylation is 1. The summed E-state index contributed by atoms with van der Waals surface area (Å²) in [6, 6.07) is 23.8. The monoisotopic (exact) mass is 433 g/mol. The third-order valence-electron chi connectivity index (χ3n) is 4.50. The number of benzene rings is 3. The number of fused-ring (bicyclic) bond motifs is 1. The molecule has 7 nitrogen and oxygen atoms in total. The number of rotatable bonds is 5. The second kappa shape index (κ2) is 8.45. The second-order valence-electron chi connectivity index (χ2n) is 6.85. The number of hydrogen-bond donors (Lipinski definition) is 2. The van der Waals surface area contributed by atoms with Crippen LogP contribution in [0.15, 0.2) is 99.3 Å². The van der Waals surface area contributed by atoms with E-state index in [1.54, 1.807) is 48.5 Å². The zero-order valence-electron chi connectivity index (χ0n) is 16.6. The molecular formula is C23H19N3O4S. The van der Waals surface area contributed by atoms with Crippen LogP contribution in [0.3, 0.4) is 0 Å². The summed E-state index contributed by atoms with van der Waals surface area (Å²) < 4.78 is 30.8. The average molecular weight is 433 g/mol. The molecule has 1 amide bonds. The van der Waals surface area contributed by atoms with Crippen LogP contribution < -0.4 is 15.7 Å². The Morgan fingerprint density at radius 1 is 0.903 bits per heavy atom. The predicted octanol–water partition coefficient (Wildman–Crippen LogP) is 3.79. The summed E-state index contributed by atoms with van der Waals surface area (Å²) >= 11 is 0. The van der Waals surface area contributed by atoms with E-state index in [1.807, 2.05) is 31.2 Å². The van der Waals surface area contributed by atoms with Gasteiger partial charge in [0, 0.05) is 11.1 Å². The molecule has 1 aromatic heterocycles. The molecule has 0 aliphatic carbocycles. The van der Waals surface area contributed by atoms with E-state index >= 15 is 0 Å². The van der Waals surface area contributed by atoms with Gasteiger partial charge in [-0.25, -0.2) is 0 Å². The minimum Gasteiger partial charge on any atom is -0.436 e. The molecule has 0 atom stereocenters. The van der Waals surface area contributed by atoms with E-state index in [0.717, 1.165) is 5.56 Å². The summed E-state index contributed by atoms with van der Waals surface area (Å²) in [6.07, 6.45) is 0. The molecule has 0 fully saturated rings. The lowest BCUT2D eigenvalue weighted by atomic mass is 10.1. The van der Waals surface area contributed by atoms with Gasteiger partial charge in [-0.1, -0.05) is 48.5 Å². The molecule has 156 valence electrons. The summed E-state index contributed by atoms with van der Waals surface area (Å²) in [7, 11) is -3.93. The van der Waals surface area contributed by atoms with Crippen molar-refractivity contribution >= 4 is 32.6 Å². The van der Waals surface area contributed by atoms with Gasteiger partial charge in [0.1, 0.15) is 11.1 Å². The van der Waals surface area contributed by atoms with Crippen LogP contribution in [0, 0.1) is 6.92 Å². The molecule has 2 N–H and O–H groups in total. The number of carbonyl (C=O) groups excluding carboxylic acids is 1. The van der Waals surface area contributed by atoms with Gasteiger partial charge in [0.2, 0.25) is 5.55 Å². The third kappa shape index (κ3) is 4.65. The highest BCUT2D eigenvalue weighted by Crippen LogP contribution is 2.15. The Kier molecular flexibility index (Phi) is 5.55. The molecule has 0 bridgehead atoms. The summed E-state index contributed by atoms with van der Waals surface area (Å²) in [5.41, 5.74) is 2.00. The van der Waals surface area contributed by atoms with Gasteiger partial charge in [-0.2, -0.15) is 13.2 Å². The van der Waals surface area contributed by atoms with E-state index < -0.39 is 15.9 Å². The lowest BCUT2D eigenvalue weighted by Crippen LogP contribution is -2.27. The average Bonchev–Trinajstić information content (AvgIpc) is 2.77. The van der Waals surface area contributed by atoms with Crippen molar-refractivity contribution < 1.29 is 17.6 Å². The van der Waals surface area contributed by atoms with Crippen LogP contribution in [0.4, 0.5) is 5.69 Å². The maximum atomic E-state index is 13.0. The van der Waals surface area contributed by atoms with Gasteiger partial charge in [0.05, 0.1) is 4.90 Å². The Bertz CT molecular complexity index is 1430. The lowest BCUT2D eigenvalue weighted by Gasteiger charge is -2.08. The maximum Gasteiger partial charge on any atom is 0.276 e. The third-order valence-corrected chi connectivity index (χ3v) is 5.72. The zero-order valence-corrected chi connectivity index (χ0v) is 17.4. The number of sulfonamides is 1. The molecule has 0 aliphatic heterocycles. The second-order valence-corrected chi connectivity index (χ2v) is 8.51. The van der Waals surface area contributed by atoms with Crippen LogP contribution in [0.5, 0.6) is 0 Å². The molecule has 0 unspecified atom stereocenters. The minimum absolute atomic E-state index is 0.0466. The maximum absolute atomic E-state index is 13.0. The van der Waals surface area contributed by atoms with Crippen LogP contribution in [-0.4, -0.2) is 14.3 Å². The smallest absolute Gasteiger partial charge is 0.276 e. The van der Waals surface area contributed by atoms with Crippen LogP contribution in [0.2, 0.25) is 0 Å². The van der Waals surface area contributed by atoms with Crippen LogP contribution >= 0.6 is 0 Å². The SMILES string of the molecule is Cc1cccc(NC(=O)c2cc3ccccc3o/c2=N/NS(=O)(=O)c2ccccc2)c1. The molecule has 0 aliphatic rings. The highest BCUT2D eigenvalue weighted by Gasteiger charge is 2.16. The van der Waals surface area contributed by atoms with Crippen molar-refractivity contribution in [3.8, 4) is 0 Å². The number of nitrogens with one attached hydrogen (secondary N) is 2. The Morgan fingerprint density at radius 2 is 1.65 bits per heavy atom. The van der Waals surface area contributed by atoms with Gasteiger partial charge in [0.15, 0.2) is 0 Å². The highest BCUT2D eigenvalue weighted by atomic mass is 32.2. The molecular weight excluding hydrogens is 414 g/mol. The fraction of sp³-hybridized carbons (Fsp3) is 0.0435. The molecule has 3 aromatic carbocycles. The molecule has 0 saturated heterocycles. The Hall–Kier alpha value is -3.91. The van der Waals surface area contributed by atoms with Gasteiger partial charge < -0.3 is 9.73 Å². The van der Waals surface area contributed by atoms with Crippen LogP contribution in [0.25, 0.3) is 11.0 Å². The first-order valence-corrected chi connectivity index (χ1v) is 10.9. The molecule has 0 spiro atoms. The summed E-state index contributed by atoms with van der Waals surface area (Å²) in [5.74, 6) is -0.474. The van der Waals surface area contributed by atoms with E-state index in [-0.39, 0.29) is 16.0 Å². The number of nitrogens with zero attached hydrogens (tertiary/aromatic N) is 1. The normalized spacial score (nSPS) is 12.0. The largest absolute Gasteiger partial charge is 0.436 e. The quantitative estimate of drug-likeness (QED) is 0.468. The standard InChI is InChI=1S/C23H19N3O4S/c1-16-8-7-10-18(14-16)24-22(27)20-15-17-9-5-6-13-21(17)30-23(20)25-26-31(28,29)19-11-3-2-4-12-19/h2-15,26H,1H3,(H,24,27)/b25-23+. The summed E-state index contributed by atoms with van der Waals surface area (Å²) in [6.45, 7) is 1.92. The van der Waals surface area contributed by atoms with Crippen molar-refractivity contribution in [2.75, 3.05) is 5.32 Å². The van der Waals surface area contributed by atoms with Gasteiger partial charge in [-0.3, -0.25) is 4.79 Å². The first-order valence-electron chi connectivity index (χ1n) is 9.44. The first kappa shape index (κ1) is 20.4. The van der Waals surface area contributed by atoms with Gasteiger partial charge in [-0.05, 0) is 48.9 Å². The Morgan fingerprint density at radius 3 is 2.42 bits per heavy atom. The fourth-order valence-corrected chi connectivity index (χ4v) is 3.81. The van der Waals surface area contributed by atoms with Gasteiger partial charge >= 0.3 is 0 Å². The molecule has 31 heavy (non-hydrogen) atoms. The first-order chi connectivity index (χ1) is 14.9. The van der Waals surface area contributed by atoms with E-state index in [0.29, 0.717) is 16.7 Å². The van der Waals surface area contributed by atoms with Crippen molar-refractivity contribution in [1.82, 2.24) is 4.83 Å². The number of amides is 1. The predicted molar refractivity (Wildman–Crippen MR) is 118 cm³/mol. The molecule has 1 heterocycles. The van der Waals surface area contributed by atoms with Crippen molar-refractivity contribution in [3.63, 3.8) is 0 Å². The fourth-order valence-electron chi connectivity index (χ4n) is 2.99. The number of anilines is 1. The molecule has 0 saturated carbocycles. The van der Waals surface area contributed by atoms with Crippen molar-refractivity contribution in [3.05, 3.63) is 102 Å². The zero-order chi connectivity index (χ0) is 21.8. The lowest BCUT2D eigenvalue weighted by molar-refractivity contribution is 0.102. The van der Waals surface area contributed by atoms with Gasteiger partial charge in [-0.15, -0.1) is 5.10 Å². The van der Waals surface area contributed by atoms with Crippen LogP contribution in [0.1, 0.15) is 15.9 Å². The van der Waals surface area contributed by atoms with E-state index in [4.69, 9.17) is 4.42 Å². The molecule has 0 radical (unpaired) electrons. The van der Waals surface area contributed by atoms with Crippen molar-refractivity contribution in [1.29, 1.82) is 0 Å². The Balaban J connectivity index is 1.76. The number of carbonyl (C=O) groups is 1. The molecule has 4 aromatic rings. The topological polar surface area (TPSA) is 101 Å². The van der Waals surface area contributed by atoms with Gasteiger partial charge in [0.25, 0.3) is 15.9 Å². The summed E-state index contributed by atoms with van der Waals surface area (Å²) in [5, 5.41) is 7.40. The number of para-hydroxylation sites is 1. The highest BCUT2D eigenvalue weighted by molar-refractivity contribution is 7.89. The minimum atomic E-state index is -3.93. The number of hydrogen-bond acceptors (Lipinski definition) is 5. The van der Waals surface area contributed by atoms with Crippen molar-refractivity contribution in [2.24, 2.45) is 5.10 Å². The molecule has 8 heteroatoms. The van der Waals surface area contributed by atoms with E-state index in [2.05, 4.69) is 15.2 Å².